The Hall–Kier alpha value is -1.09. The Morgan fingerprint density at radius 1 is 1.35 bits per heavy atom. The molecule has 0 aliphatic carbocycles. The normalized spacial score (nSPS) is 19.4. The van der Waals surface area contributed by atoms with Gasteiger partial charge in [0.05, 0.1) is 6.54 Å². The molecule has 26 heavy (non-hydrogen) atoms. The fourth-order valence-corrected chi connectivity index (χ4v) is 3.03. The Morgan fingerprint density at radius 3 is 2.73 bits per heavy atom. The first-order chi connectivity index (χ1) is 12.1. The molecule has 2 rings (SSSR count). The summed E-state index contributed by atoms with van der Waals surface area (Å²) >= 11 is 0. The van der Waals surface area contributed by atoms with Crippen LogP contribution in [0.3, 0.4) is 0 Å². The summed E-state index contributed by atoms with van der Waals surface area (Å²) in [6.45, 7) is 8.65. The Balaban J connectivity index is 0.00000338. The maximum Gasteiger partial charge on any atom is 0.191 e. The predicted molar refractivity (Wildman–Crippen MR) is 116 cm³/mol. The number of benzene rings is 1. The number of aliphatic imine (C=N–C) groups is 1. The Kier molecular flexibility index (Phi) is 10.9. The van der Waals surface area contributed by atoms with Gasteiger partial charge in [-0.15, -0.1) is 24.0 Å². The highest BCUT2D eigenvalue weighted by atomic mass is 127. The smallest absolute Gasteiger partial charge is 0.191 e. The first kappa shape index (κ1) is 23.0. The second-order valence-corrected chi connectivity index (χ2v) is 6.75. The number of likely N-dealkylation sites (tertiary alicyclic amines) is 1. The minimum Gasteiger partial charge on any atom is -0.489 e. The van der Waals surface area contributed by atoms with E-state index in [4.69, 9.17) is 4.74 Å². The van der Waals surface area contributed by atoms with Crippen LogP contribution in [0.2, 0.25) is 0 Å². The first-order valence-electron chi connectivity index (χ1n) is 9.19. The summed E-state index contributed by atoms with van der Waals surface area (Å²) in [5, 5.41) is 6.72. The summed E-state index contributed by atoms with van der Waals surface area (Å²) in [6, 6.07) is 6.08. The number of ether oxygens (including phenoxy) is 1. The molecule has 2 atom stereocenters. The van der Waals surface area contributed by atoms with Crippen LogP contribution in [0.25, 0.3) is 0 Å². The summed E-state index contributed by atoms with van der Waals surface area (Å²) in [4.78, 5) is 7.00. The molecule has 0 saturated carbocycles. The molecule has 1 aromatic carbocycles. The third-order valence-electron chi connectivity index (χ3n) is 4.28. The molecule has 0 radical (unpaired) electrons. The van der Waals surface area contributed by atoms with E-state index in [1.54, 1.807) is 12.1 Å². The summed E-state index contributed by atoms with van der Waals surface area (Å²) in [6.07, 6.45) is 2.45. The lowest BCUT2D eigenvalue weighted by Gasteiger charge is -2.30. The highest BCUT2D eigenvalue weighted by Gasteiger charge is 2.17. The number of rotatable bonds is 7. The SMILES string of the molecule is CCNC(=NCC(C)Oc1ccc(F)cc1)NCC1CCCN(C)C1.I. The molecule has 2 unspecified atom stereocenters. The van der Waals surface area contributed by atoms with Crippen LogP contribution in [-0.4, -0.2) is 56.7 Å². The van der Waals surface area contributed by atoms with Crippen molar-refractivity contribution in [3.05, 3.63) is 30.1 Å². The number of nitrogens with zero attached hydrogens (tertiary/aromatic N) is 2. The average molecular weight is 478 g/mol. The van der Waals surface area contributed by atoms with E-state index in [0.717, 1.165) is 25.6 Å². The van der Waals surface area contributed by atoms with E-state index in [1.807, 2.05) is 6.92 Å². The van der Waals surface area contributed by atoms with E-state index in [1.165, 1.54) is 31.5 Å². The Bertz CT molecular complexity index is 541. The molecule has 1 heterocycles. The van der Waals surface area contributed by atoms with Gasteiger partial charge in [-0.3, -0.25) is 0 Å². The number of piperidine rings is 1. The van der Waals surface area contributed by atoms with E-state index in [2.05, 4.69) is 34.5 Å². The molecule has 148 valence electrons. The van der Waals surface area contributed by atoms with Gasteiger partial charge in [0.25, 0.3) is 0 Å². The van der Waals surface area contributed by atoms with Crippen LogP contribution >= 0.6 is 24.0 Å². The molecule has 2 N–H and O–H groups in total. The van der Waals surface area contributed by atoms with Crippen molar-refractivity contribution in [2.45, 2.75) is 32.8 Å². The zero-order valence-electron chi connectivity index (χ0n) is 16.0. The summed E-state index contributed by atoms with van der Waals surface area (Å²) in [5.74, 6) is 1.89. The van der Waals surface area contributed by atoms with Gasteiger partial charge in [0, 0.05) is 19.6 Å². The van der Waals surface area contributed by atoms with Gasteiger partial charge in [0.2, 0.25) is 0 Å². The highest BCUT2D eigenvalue weighted by Crippen LogP contribution is 2.14. The van der Waals surface area contributed by atoms with Crippen LogP contribution in [0, 0.1) is 11.7 Å². The van der Waals surface area contributed by atoms with Crippen LogP contribution < -0.4 is 15.4 Å². The molecule has 1 aliphatic rings. The number of nitrogens with one attached hydrogen (secondary N) is 2. The summed E-state index contributed by atoms with van der Waals surface area (Å²) in [7, 11) is 2.18. The second kappa shape index (κ2) is 12.3. The van der Waals surface area contributed by atoms with Crippen molar-refractivity contribution < 1.29 is 9.13 Å². The molecular weight excluding hydrogens is 446 g/mol. The first-order valence-corrected chi connectivity index (χ1v) is 9.19. The van der Waals surface area contributed by atoms with Crippen LogP contribution in [0.5, 0.6) is 5.75 Å². The molecule has 0 amide bonds. The lowest BCUT2D eigenvalue weighted by Crippen LogP contribution is -2.43. The van der Waals surface area contributed by atoms with Gasteiger partial charge >= 0.3 is 0 Å². The van der Waals surface area contributed by atoms with Gasteiger partial charge < -0.3 is 20.3 Å². The molecule has 1 fully saturated rings. The standard InChI is InChI=1S/C19H31FN4O.HI/c1-4-21-19(23-13-16-6-5-11-24(3)14-16)22-12-15(2)25-18-9-7-17(20)8-10-18;/h7-10,15-16H,4-6,11-14H2,1-3H3,(H2,21,22,23);1H. The average Bonchev–Trinajstić information content (AvgIpc) is 2.59. The topological polar surface area (TPSA) is 48.9 Å². The van der Waals surface area contributed by atoms with Gasteiger partial charge in [-0.2, -0.15) is 0 Å². The van der Waals surface area contributed by atoms with Gasteiger partial charge in [-0.1, -0.05) is 0 Å². The van der Waals surface area contributed by atoms with Gasteiger partial charge in [-0.05, 0) is 70.5 Å². The third-order valence-corrected chi connectivity index (χ3v) is 4.28. The Morgan fingerprint density at radius 2 is 2.08 bits per heavy atom. The molecule has 1 aromatic rings. The van der Waals surface area contributed by atoms with Crippen molar-refractivity contribution in [2.75, 3.05) is 39.8 Å². The van der Waals surface area contributed by atoms with Crippen molar-refractivity contribution >= 4 is 29.9 Å². The Labute approximate surface area is 173 Å². The van der Waals surface area contributed by atoms with Crippen LogP contribution in [0.1, 0.15) is 26.7 Å². The van der Waals surface area contributed by atoms with Gasteiger partial charge in [0.15, 0.2) is 5.96 Å². The van der Waals surface area contributed by atoms with Crippen LogP contribution in [0.4, 0.5) is 4.39 Å². The van der Waals surface area contributed by atoms with Crippen molar-refractivity contribution in [3.63, 3.8) is 0 Å². The minimum atomic E-state index is -0.259. The van der Waals surface area contributed by atoms with E-state index in [9.17, 15) is 4.39 Å². The van der Waals surface area contributed by atoms with Crippen molar-refractivity contribution in [3.8, 4) is 5.75 Å². The fraction of sp³-hybridized carbons (Fsp3) is 0.632. The molecule has 5 nitrogen and oxygen atoms in total. The molecule has 0 bridgehead atoms. The number of guanidine groups is 1. The fourth-order valence-electron chi connectivity index (χ4n) is 3.03. The molecular formula is C19H32FIN4O. The molecule has 0 aromatic heterocycles. The van der Waals surface area contributed by atoms with Crippen molar-refractivity contribution in [2.24, 2.45) is 10.9 Å². The maximum atomic E-state index is 12.9. The van der Waals surface area contributed by atoms with Crippen LogP contribution in [0.15, 0.2) is 29.3 Å². The summed E-state index contributed by atoms with van der Waals surface area (Å²) < 4.78 is 18.7. The van der Waals surface area contributed by atoms with E-state index in [0.29, 0.717) is 18.2 Å². The number of halogens is 2. The molecule has 0 spiro atoms. The largest absolute Gasteiger partial charge is 0.489 e. The van der Waals surface area contributed by atoms with Gasteiger partial charge in [-0.25, -0.2) is 9.38 Å². The van der Waals surface area contributed by atoms with E-state index < -0.39 is 0 Å². The lowest BCUT2D eigenvalue weighted by atomic mass is 9.99. The number of hydrogen-bond acceptors (Lipinski definition) is 3. The zero-order chi connectivity index (χ0) is 18.1. The number of hydrogen-bond donors (Lipinski definition) is 2. The maximum absolute atomic E-state index is 12.9. The quantitative estimate of drug-likeness (QED) is 0.359. The third kappa shape index (κ3) is 8.53. The van der Waals surface area contributed by atoms with Gasteiger partial charge in [0.1, 0.15) is 17.7 Å². The van der Waals surface area contributed by atoms with Crippen molar-refractivity contribution in [1.82, 2.24) is 15.5 Å². The molecule has 1 aliphatic heterocycles. The lowest BCUT2D eigenvalue weighted by molar-refractivity contribution is 0.210. The van der Waals surface area contributed by atoms with E-state index >= 15 is 0 Å². The zero-order valence-corrected chi connectivity index (χ0v) is 18.3. The monoisotopic (exact) mass is 478 g/mol. The molecule has 7 heteroatoms. The highest BCUT2D eigenvalue weighted by molar-refractivity contribution is 14.0. The van der Waals surface area contributed by atoms with Crippen LogP contribution in [-0.2, 0) is 0 Å². The van der Waals surface area contributed by atoms with Crippen molar-refractivity contribution in [1.29, 1.82) is 0 Å². The predicted octanol–water partition coefficient (Wildman–Crippen LogP) is 3.11. The van der Waals surface area contributed by atoms with E-state index in [-0.39, 0.29) is 35.9 Å². The molecule has 1 saturated heterocycles. The minimum absolute atomic E-state index is 0. The summed E-state index contributed by atoms with van der Waals surface area (Å²) in [5.41, 5.74) is 0. The second-order valence-electron chi connectivity index (χ2n) is 6.75.